The molecule has 33 heavy (non-hydrogen) atoms. The number of nitrogens with one attached hydrogen (secondary N) is 1. The molecular weight excluding hydrogens is 414 g/mol. The fourth-order valence-electron chi connectivity index (χ4n) is 4.46. The van der Waals surface area contributed by atoms with Crippen molar-refractivity contribution in [2.75, 3.05) is 0 Å². The third-order valence-corrected chi connectivity index (χ3v) is 6.64. The Balaban J connectivity index is 1.43. The number of hydrogen-bond acceptors (Lipinski definition) is 5. The van der Waals surface area contributed by atoms with Crippen LogP contribution >= 0.6 is 0 Å². The van der Waals surface area contributed by atoms with E-state index >= 15 is 0 Å². The number of imidazole rings is 1. The van der Waals surface area contributed by atoms with Gasteiger partial charge in [0.2, 0.25) is 5.82 Å². The summed E-state index contributed by atoms with van der Waals surface area (Å²) >= 11 is 0. The van der Waals surface area contributed by atoms with Gasteiger partial charge in [-0.15, -0.1) is 10.2 Å². The van der Waals surface area contributed by atoms with Crippen molar-refractivity contribution in [3.05, 3.63) is 70.7 Å². The van der Waals surface area contributed by atoms with Gasteiger partial charge in [-0.25, -0.2) is 4.79 Å². The second-order valence-electron chi connectivity index (χ2n) is 9.53. The predicted molar refractivity (Wildman–Crippen MR) is 127 cm³/mol. The molecule has 1 atom stereocenters. The number of pyridine rings is 1. The van der Waals surface area contributed by atoms with Crippen LogP contribution < -0.4 is 5.69 Å². The normalized spacial score (nSPS) is 16.8. The average molecular weight is 444 g/mol. The summed E-state index contributed by atoms with van der Waals surface area (Å²) < 4.78 is 3.85. The van der Waals surface area contributed by atoms with Crippen molar-refractivity contribution in [1.82, 2.24) is 34.7 Å². The predicted octanol–water partition coefficient (Wildman–Crippen LogP) is 4.25. The third-order valence-electron chi connectivity index (χ3n) is 6.64. The molecule has 1 aromatic carbocycles. The highest BCUT2D eigenvalue weighted by Gasteiger charge is 2.48. The summed E-state index contributed by atoms with van der Waals surface area (Å²) in [6.45, 7) is 7.10. The molecule has 1 aliphatic carbocycles. The van der Waals surface area contributed by atoms with E-state index in [9.17, 15) is 4.79 Å². The summed E-state index contributed by atoms with van der Waals surface area (Å²) in [5, 5.41) is 14.4. The number of aromatic nitrogens is 7. The Labute approximate surface area is 192 Å². The maximum Gasteiger partial charge on any atom is 0.328 e. The smallest absolute Gasteiger partial charge is 0.295 e. The molecule has 3 aromatic heterocycles. The van der Waals surface area contributed by atoms with Gasteiger partial charge in [0.05, 0.1) is 12.2 Å². The quantitative estimate of drug-likeness (QED) is 0.439. The molecule has 0 saturated heterocycles. The standard InChI is InChI=1S/C25H29N7O/c1-4-5-8-19-16-32(22-13-25(22,2)3)24(33)31(19)15-18-12-11-17(14-26-18)20-9-6-7-10-21(20)23-27-29-30-28-23/h6-7,9-12,14,16,22H,4-5,8,13,15H2,1-3H3,(H,27,28,29,30). The van der Waals surface area contributed by atoms with Gasteiger partial charge in [0.1, 0.15) is 0 Å². The van der Waals surface area contributed by atoms with Crippen LogP contribution in [0.25, 0.3) is 22.5 Å². The van der Waals surface area contributed by atoms with Crippen LogP contribution in [0.1, 0.15) is 57.5 Å². The van der Waals surface area contributed by atoms with Crippen LogP contribution in [0.4, 0.5) is 0 Å². The summed E-state index contributed by atoms with van der Waals surface area (Å²) in [6, 6.07) is 12.3. The number of nitrogens with zero attached hydrogens (tertiary/aromatic N) is 6. The van der Waals surface area contributed by atoms with Crippen molar-refractivity contribution in [1.29, 1.82) is 0 Å². The van der Waals surface area contributed by atoms with Crippen LogP contribution in [0.2, 0.25) is 0 Å². The first-order chi connectivity index (χ1) is 16.0. The van der Waals surface area contributed by atoms with Crippen molar-refractivity contribution in [3.63, 3.8) is 0 Å². The Hall–Kier alpha value is -3.55. The lowest BCUT2D eigenvalue weighted by atomic mass is 10.0. The maximum atomic E-state index is 13.3. The molecule has 0 aliphatic heterocycles. The molecule has 1 fully saturated rings. The van der Waals surface area contributed by atoms with Gasteiger partial charge < -0.3 is 0 Å². The zero-order chi connectivity index (χ0) is 23.0. The molecule has 4 aromatic rings. The Morgan fingerprint density at radius 1 is 1.15 bits per heavy atom. The average Bonchev–Trinajstić information content (AvgIpc) is 3.16. The van der Waals surface area contributed by atoms with Gasteiger partial charge >= 0.3 is 5.69 Å². The summed E-state index contributed by atoms with van der Waals surface area (Å²) in [4.78, 5) is 18.0. The number of unbranched alkanes of at least 4 members (excludes halogenated alkanes) is 1. The molecule has 170 valence electrons. The molecule has 1 N–H and O–H groups in total. The molecule has 0 bridgehead atoms. The third kappa shape index (κ3) is 4.13. The number of H-pyrrole nitrogens is 1. The van der Waals surface area contributed by atoms with Gasteiger partial charge in [-0.1, -0.05) is 57.5 Å². The van der Waals surface area contributed by atoms with E-state index in [2.05, 4.69) is 47.6 Å². The molecular formula is C25H29N7O. The van der Waals surface area contributed by atoms with Gasteiger partial charge in [0, 0.05) is 35.3 Å². The van der Waals surface area contributed by atoms with E-state index in [1.165, 1.54) is 0 Å². The fourth-order valence-corrected chi connectivity index (χ4v) is 4.46. The highest BCUT2D eigenvalue weighted by molar-refractivity contribution is 5.79. The minimum atomic E-state index is 0.0741. The minimum absolute atomic E-state index is 0.0741. The van der Waals surface area contributed by atoms with Crippen molar-refractivity contribution in [2.45, 2.75) is 59.0 Å². The van der Waals surface area contributed by atoms with Crippen molar-refractivity contribution in [2.24, 2.45) is 5.41 Å². The number of hydrogen-bond donors (Lipinski definition) is 1. The number of tetrazole rings is 1. The van der Waals surface area contributed by atoms with Crippen molar-refractivity contribution in [3.8, 4) is 22.5 Å². The number of aromatic amines is 1. The van der Waals surface area contributed by atoms with Crippen molar-refractivity contribution < 1.29 is 0 Å². The largest absolute Gasteiger partial charge is 0.328 e. The first-order valence-electron chi connectivity index (χ1n) is 11.6. The molecule has 0 amide bonds. The lowest BCUT2D eigenvalue weighted by molar-refractivity contribution is 0.522. The van der Waals surface area contributed by atoms with Gasteiger partial charge in [-0.05, 0) is 41.5 Å². The van der Waals surface area contributed by atoms with E-state index in [0.717, 1.165) is 53.8 Å². The van der Waals surface area contributed by atoms with Gasteiger partial charge in [-0.2, -0.15) is 5.21 Å². The first kappa shape index (κ1) is 21.3. The van der Waals surface area contributed by atoms with E-state index in [-0.39, 0.29) is 11.1 Å². The molecule has 3 heterocycles. The highest BCUT2D eigenvalue weighted by atomic mass is 16.1. The van der Waals surface area contributed by atoms with Gasteiger partial charge in [-0.3, -0.25) is 14.1 Å². The second-order valence-corrected chi connectivity index (χ2v) is 9.53. The second kappa shape index (κ2) is 8.42. The van der Waals surface area contributed by atoms with Gasteiger partial charge in [0.25, 0.3) is 0 Å². The molecule has 0 radical (unpaired) electrons. The van der Waals surface area contributed by atoms with Crippen LogP contribution in [0.3, 0.4) is 0 Å². The van der Waals surface area contributed by atoms with Crippen LogP contribution in [-0.4, -0.2) is 34.7 Å². The zero-order valence-corrected chi connectivity index (χ0v) is 19.3. The van der Waals surface area contributed by atoms with E-state index in [1.807, 2.05) is 51.7 Å². The Morgan fingerprint density at radius 2 is 1.94 bits per heavy atom. The molecule has 1 saturated carbocycles. The monoisotopic (exact) mass is 443 g/mol. The first-order valence-corrected chi connectivity index (χ1v) is 11.6. The lowest BCUT2D eigenvalue weighted by Gasteiger charge is -2.09. The highest BCUT2D eigenvalue weighted by Crippen LogP contribution is 2.54. The van der Waals surface area contributed by atoms with Crippen LogP contribution in [0.5, 0.6) is 0 Å². The summed E-state index contributed by atoms with van der Waals surface area (Å²) in [5.74, 6) is 0.547. The van der Waals surface area contributed by atoms with E-state index in [4.69, 9.17) is 4.98 Å². The Bertz CT molecular complexity index is 1300. The SMILES string of the molecule is CCCCc1cn(C2CC2(C)C)c(=O)n1Cc1ccc(-c2ccccc2-c2nn[nH]n2)cn1. The topological polar surface area (TPSA) is 94.3 Å². The lowest BCUT2D eigenvalue weighted by Crippen LogP contribution is -2.26. The van der Waals surface area contributed by atoms with Crippen molar-refractivity contribution >= 4 is 0 Å². The molecule has 8 nitrogen and oxygen atoms in total. The van der Waals surface area contributed by atoms with Crippen LogP contribution in [-0.2, 0) is 13.0 Å². The Morgan fingerprint density at radius 3 is 2.58 bits per heavy atom. The summed E-state index contributed by atoms with van der Waals surface area (Å²) in [7, 11) is 0. The molecule has 5 rings (SSSR count). The minimum Gasteiger partial charge on any atom is -0.295 e. The molecule has 0 spiro atoms. The van der Waals surface area contributed by atoms with Gasteiger partial charge in [0.15, 0.2) is 0 Å². The maximum absolute atomic E-state index is 13.3. The zero-order valence-electron chi connectivity index (χ0n) is 19.3. The summed E-state index contributed by atoms with van der Waals surface area (Å²) in [6.07, 6.45) is 8.05. The molecule has 1 unspecified atom stereocenters. The number of benzene rings is 1. The van der Waals surface area contributed by atoms with E-state index in [0.29, 0.717) is 18.4 Å². The number of rotatable bonds is 8. The Kier molecular flexibility index (Phi) is 5.44. The van der Waals surface area contributed by atoms with E-state index in [1.54, 1.807) is 0 Å². The molecule has 8 heteroatoms. The number of aryl methyl sites for hydroxylation is 1. The fraction of sp³-hybridized carbons (Fsp3) is 0.400. The van der Waals surface area contributed by atoms with E-state index < -0.39 is 0 Å². The van der Waals surface area contributed by atoms with Crippen LogP contribution in [0, 0.1) is 5.41 Å². The summed E-state index contributed by atoms with van der Waals surface area (Å²) in [5.41, 5.74) is 5.08. The van der Waals surface area contributed by atoms with Crippen LogP contribution in [0.15, 0.2) is 53.6 Å². The molecule has 1 aliphatic rings.